The summed E-state index contributed by atoms with van der Waals surface area (Å²) >= 11 is 0. The predicted octanol–water partition coefficient (Wildman–Crippen LogP) is 2.41. The summed E-state index contributed by atoms with van der Waals surface area (Å²) in [5.41, 5.74) is 18.0. The lowest BCUT2D eigenvalue weighted by Crippen LogP contribution is -2.57. The van der Waals surface area contributed by atoms with E-state index in [9.17, 15) is 29.1 Å². The van der Waals surface area contributed by atoms with Crippen molar-refractivity contribution in [3.63, 3.8) is 0 Å². The van der Waals surface area contributed by atoms with Gasteiger partial charge in [0.2, 0.25) is 11.8 Å². The van der Waals surface area contributed by atoms with Crippen molar-refractivity contribution in [1.29, 1.82) is 0 Å². The maximum Gasteiger partial charge on any atom is 0.323 e. The van der Waals surface area contributed by atoms with E-state index in [1.807, 2.05) is 74.5 Å². The molecular formula is C38H57N7O6. The number of Topliss-reactive ketones (excluding diaryl/α,β-unsaturated/α-hetero) is 1. The lowest BCUT2D eigenvalue weighted by molar-refractivity contribution is -0.149. The number of aliphatic carboxylic acids is 1. The highest BCUT2D eigenvalue weighted by Gasteiger charge is 2.40. The number of rotatable bonds is 20. The molecule has 4 amide bonds. The van der Waals surface area contributed by atoms with Crippen LogP contribution < -0.4 is 27.8 Å². The van der Waals surface area contributed by atoms with Crippen molar-refractivity contribution in [2.75, 3.05) is 32.7 Å². The van der Waals surface area contributed by atoms with Crippen molar-refractivity contribution < 1.29 is 29.1 Å². The zero-order chi connectivity index (χ0) is 37.4. The monoisotopic (exact) mass is 707 g/mol. The van der Waals surface area contributed by atoms with Gasteiger partial charge in [-0.1, -0.05) is 80.9 Å². The lowest BCUT2D eigenvalue weighted by atomic mass is 9.86. The largest absolute Gasteiger partial charge is 0.480 e. The molecule has 1 heterocycles. The van der Waals surface area contributed by atoms with E-state index in [0.717, 1.165) is 11.1 Å². The van der Waals surface area contributed by atoms with E-state index in [0.29, 0.717) is 38.8 Å². The number of carboxylic acid groups (broad SMARTS) is 1. The van der Waals surface area contributed by atoms with Gasteiger partial charge in [-0.25, -0.2) is 4.79 Å². The van der Waals surface area contributed by atoms with Gasteiger partial charge in [-0.15, -0.1) is 0 Å². The molecule has 0 bridgehead atoms. The zero-order valence-electron chi connectivity index (χ0n) is 30.1. The Balaban J connectivity index is 1.80. The highest BCUT2D eigenvalue weighted by Crippen LogP contribution is 2.25. The van der Waals surface area contributed by atoms with Crippen LogP contribution in [0.1, 0.15) is 69.9 Å². The van der Waals surface area contributed by atoms with Gasteiger partial charge >= 0.3 is 12.0 Å². The lowest BCUT2D eigenvalue weighted by Gasteiger charge is -2.38. The third-order valence-corrected chi connectivity index (χ3v) is 9.41. The normalized spacial score (nSPS) is 15.8. The minimum absolute atomic E-state index is 0.0366. The molecule has 1 aliphatic rings. The number of carbonyl (C=O) groups excluding carboxylic acids is 4. The summed E-state index contributed by atoms with van der Waals surface area (Å²) < 4.78 is 0. The van der Waals surface area contributed by atoms with Crippen LogP contribution in [-0.2, 0) is 32.1 Å². The fourth-order valence-corrected chi connectivity index (χ4v) is 6.36. The Kier molecular flexibility index (Phi) is 16.5. The topological polar surface area (TPSA) is 214 Å². The van der Waals surface area contributed by atoms with Gasteiger partial charge in [-0.2, -0.15) is 0 Å². The number of benzene rings is 2. The maximum atomic E-state index is 14.0. The number of likely N-dealkylation sites (tertiary alicyclic amines) is 1. The molecule has 0 aliphatic carbocycles. The summed E-state index contributed by atoms with van der Waals surface area (Å²) in [6.07, 6.45) is 2.42. The number of carbonyl (C=O) groups is 5. The van der Waals surface area contributed by atoms with Gasteiger partial charge in [-0.05, 0) is 55.7 Å². The summed E-state index contributed by atoms with van der Waals surface area (Å²) in [6.45, 7) is 5.51. The highest BCUT2D eigenvalue weighted by atomic mass is 16.4. The van der Waals surface area contributed by atoms with E-state index in [1.165, 1.54) is 0 Å². The second-order valence-electron chi connectivity index (χ2n) is 14.0. The molecule has 280 valence electrons. The van der Waals surface area contributed by atoms with Crippen molar-refractivity contribution in [1.82, 2.24) is 20.4 Å². The van der Waals surface area contributed by atoms with Crippen LogP contribution in [0, 0.1) is 11.8 Å². The maximum absolute atomic E-state index is 14.0. The van der Waals surface area contributed by atoms with Crippen LogP contribution in [0.4, 0.5) is 4.79 Å². The van der Waals surface area contributed by atoms with Crippen molar-refractivity contribution in [3.8, 4) is 0 Å². The number of nitrogens with two attached hydrogens (primary N) is 3. The molecule has 13 nitrogen and oxygen atoms in total. The predicted molar refractivity (Wildman–Crippen MR) is 196 cm³/mol. The van der Waals surface area contributed by atoms with E-state index in [4.69, 9.17) is 17.2 Å². The summed E-state index contributed by atoms with van der Waals surface area (Å²) in [7, 11) is 0. The van der Waals surface area contributed by atoms with E-state index < -0.39 is 41.4 Å². The smallest absolute Gasteiger partial charge is 0.323 e. The third-order valence-electron chi connectivity index (χ3n) is 9.41. The second-order valence-corrected chi connectivity index (χ2v) is 14.0. The van der Waals surface area contributed by atoms with Crippen LogP contribution in [-0.4, -0.2) is 94.9 Å². The molecular weight excluding hydrogens is 650 g/mol. The molecule has 0 unspecified atom stereocenters. The number of hydrogen-bond acceptors (Lipinski definition) is 8. The van der Waals surface area contributed by atoms with Gasteiger partial charge in [0.25, 0.3) is 0 Å². The molecule has 3 atom stereocenters. The molecule has 9 N–H and O–H groups in total. The molecule has 3 rings (SSSR count). The number of unbranched alkanes of at least 4 members (excludes halogenated alkanes) is 1. The molecule has 0 radical (unpaired) electrons. The standard InChI is InChI=1S/C38H57N7O6/c1-27(2)23-31(33(46)25-30(15-9-10-18-39)35(48)44-20-16-38(41,17-21-44)36(49)50)42-34(47)32(24-28-11-5-3-6-12-28)43-37(51)45(22-19-40)26-29-13-7-4-8-14-29/h3-8,11-14,27,30-32H,9-10,15-26,39-41H2,1-2H3,(H,42,47)(H,43,51)(H,49,50)/t30-,31+,32+/m0/s1. The highest BCUT2D eigenvalue weighted by molar-refractivity contribution is 5.94. The van der Waals surface area contributed by atoms with Gasteiger partial charge in [0.05, 0.1) is 6.04 Å². The summed E-state index contributed by atoms with van der Waals surface area (Å²) in [4.78, 5) is 70.3. The quantitative estimate of drug-likeness (QED) is 0.111. The number of hydrogen-bond donors (Lipinski definition) is 6. The number of nitrogens with zero attached hydrogens (tertiary/aromatic N) is 2. The van der Waals surface area contributed by atoms with Gasteiger partial charge in [-0.3, -0.25) is 19.2 Å². The molecule has 0 spiro atoms. The van der Waals surface area contributed by atoms with Crippen molar-refractivity contribution in [2.24, 2.45) is 29.0 Å². The van der Waals surface area contributed by atoms with Gasteiger partial charge in [0, 0.05) is 51.5 Å². The number of ketones is 1. The van der Waals surface area contributed by atoms with Crippen LogP contribution in [0.25, 0.3) is 0 Å². The van der Waals surface area contributed by atoms with Crippen molar-refractivity contribution in [2.45, 2.75) is 89.4 Å². The minimum atomic E-state index is -1.39. The SMILES string of the molecule is CC(C)C[C@@H](NC(=O)[C@@H](Cc1ccccc1)NC(=O)N(CCN)Cc1ccccc1)C(=O)C[C@H](CCCCN)C(=O)N1CCC(N)(C(=O)O)CC1. The fourth-order valence-electron chi connectivity index (χ4n) is 6.36. The molecule has 0 saturated carbocycles. The summed E-state index contributed by atoms with van der Waals surface area (Å²) in [5, 5.41) is 15.4. The molecule has 13 heteroatoms. The molecule has 1 fully saturated rings. The molecule has 1 aliphatic heterocycles. The number of amides is 4. The van der Waals surface area contributed by atoms with Gasteiger partial charge in [0.1, 0.15) is 11.6 Å². The van der Waals surface area contributed by atoms with E-state index in [-0.39, 0.29) is 69.5 Å². The second kappa shape index (κ2) is 20.5. The Morgan fingerprint density at radius 3 is 2.02 bits per heavy atom. The number of carboxylic acids is 1. The van der Waals surface area contributed by atoms with E-state index in [1.54, 1.807) is 9.80 Å². The molecule has 1 saturated heterocycles. The first kappa shape index (κ1) is 41.1. The number of piperidine rings is 1. The van der Waals surface area contributed by atoms with E-state index in [2.05, 4.69) is 10.6 Å². The average Bonchev–Trinajstić information content (AvgIpc) is 3.11. The Hall–Kier alpha value is -4.33. The average molecular weight is 708 g/mol. The first-order chi connectivity index (χ1) is 24.4. The zero-order valence-corrected chi connectivity index (χ0v) is 30.1. The Bertz CT molecular complexity index is 1420. The van der Waals surface area contributed by atoms with Crippen LogP contribution in [0.15, 0.2) is 60.7 Å². The van der Waals surface area contributed by atoms with E-state index >= 15 is 0 Å². The van der Waals surface area contributed by atoms with Gasteiger partial charge < -0.3 is 42.7 Å². The first-order valence-electron chi connectivity index (χ1n) is 18.0. The molecule has 51 heavy (non-hydrogen) atoms. The van der Waals surface area contributed by atoms with Crippen LogP contribution in [0.5, 0.6) is 0 Å². The Morgan fingerprint density at radius 1 is 0.863 bits per heavy atom. The van der Waals surface area contributed by atoms with Crippen molar-refractivity contribution >= 4 is 29.6 Å². The van der Waals surface area contributed by atoms with Crippen LogP contribution in [0.3, 0.4) is 0 Å². The molecule has 2 aromatic rings. The Labute approximate surface area is 301 Å². The van der Waals surface area contributed by atoms with Crippen LogP contribution in [0.2, 0.25) is 0 Å². The third kappa shape index (κ3) is 13.1. The fraction of sp³-hybridized carbons (Fsp3) is 0.553. The van der Waals surface area contributed by atoms with Crippen LogP contribution >= 0.6 is 0 Å². The Morgan fingerprint density at radius 2 is 1.47 bits per heavy atom. The van der Waals surface area contributed by atoms with Gasteiger partial charge in [0.15, 0.2) is 5.78 Å². The molecule has 0 aromatic heterocycles. The molecule has 2 aromatic carbocycles. The summed E-state index contributed by atoms with van der Waals surface area (Å²) in [6, 6.07) is 16.4. The number of nitrogens with one attached hydrogen (secondary N) is 2. The minimum Gasteiger partial charge on any atom is -0.480 e. The van der Waals surface area contributed by atoms with Crippen molar-refractivity contribution in [3.05, 3.63) is 71.8 Å². The summed E-state index contributed by atoms with van der Waals surface area (Å²) in [5.74, 6) is -2.73. The first-order valence-corrected chi connectivity index (χ1v) is 18.0. The number of urea groups is 1.